The third-order valence-corrected chi connectivity index (χ3v) is 1.10. The minimum atomic E-state index is -0.00639. The molecule has 10 heavy (non-hydrogen) atoms. The first-order valence-electron chi connectivity index (χ1n) is 2.78. The first-order valence-corrected chi connectivity index (χ1v) is 2.78. The maximum absolute atomic E-state index is 8.20. The van der Waals surface area contributed by atoms with Gasteiger partial charge in [-0.15, -0.1) is 0 Å². The second-order valence-electron chi connectivity index (χ2n) is 1.90. The van der Waals surface area contributed by atoms with E-state index in [9.17, 15) is 0 Å². The second kappa shape index (κ2) is 2.43. The molecule has 0 saturated heterocycles. The van der Waals surface area contributed by atoms with E-state index in [0.717, 1.165) is 5.76 Å². The van der Waals surface area contributed by atoms with Crippen LogP contribution < -0.4 is 5.73 Å². The molecule has 0 amide bonds. The van der Waals surface area contributed by atoms with E-state index >= 15 is 0 Å². The van der Waals surface area contributed by atoms with E-state index in [-0.39, 0.29) is 5.84 Å². The van der Waals surface area contributed by atoms with Crippen LogP contribution in [0.4, 0.5) is 0 Å². The zero-order chi connectivity index (χ0) is 7.56. The minimum absolute atomic E-state index is 0.00639. The highest BCUT2D eigenvalue weighted by molar-refractivity contribution is 5.94. The third-order valence-electron chi connectivity index (χ3n) is 1.10. The molecule has 0 bridgehead atoms. The van der Waals surface area contributed by atoms with Gasteiger partial charge in [0.15, 0.2) is 5.76 Å². The van der Waals surface area contributed by atoms with Gasteiger partial charge in [0.25, 0.3) is 0 Å². The fraction of sp³-hybridized carbons (Fsp3) is 0.167. The van der Waals surface area contributed by atoms with Gasteiger partial charge < -0.3 is 15.4 Å². The molecule has 0 unspecified atom stereocenters. The van der Waals surface area contributed by atoms with Crippen molar-refractivity contribution in [3.05, 3.63) is 23.7 Å². The standard InChI is InChI=1S/C6H8N2O2/c1-4-2-3-5(10-4)6(7)8-9/h2-3,9H,1H3,(H2,7,8). The van der Waals surface area contributed by atoms with Crippen molar-refractivity contribution in [2.45, 2.75) is 6.92 Å². The summed E-state index contributed by atoms with van der Waals surface area (Å²) < 4.78 is 5.02. The molecule has 3 N–H and O–H groups in total. The number of furan rings is 1. The Bertz CT molecular complexity index is 252. The van der Waals surface area contributed by atoms with Crippen molar-refractivity contribution in [3.63, 3.8) is 0 Å². The average Bonchev–Trinajstić information content (AvgIpc) is 2.34. The summed E-state index contributed by atoms with van der Waals surface area (Å²) in [6.07, 6.45) is 0. The Morgan fingerprint density at radius 2 is 2.40 bits per heavy atom. The molecule has 1 aromatic heterocycles. The van der Waals surface area contributed by atoms with E-state index in [0.29, 0.717) is 5.76 Å². The van der Waals surface area contributed by atoms with Crippen molar-refractivity contribution in [2.75, 3.05) is 0 Å². The molecule has 4 heteroatoms. The molecule has 4 nitrogen and oxygen atoms in total. The zero-order valence-corrected chi connectivity index (χ0v) is 5.53. The Balaban J connectivity index is 2.95. The van der Waals surface area contributed by atoms with Crippen LogP contribution in [0, 0.1) is 6.92 Å². The van der Waals surface area contributed by atoms with Crippen LogP contribution in [0.1, 0.15) is 11.5 Å². The summed E-state index contributed by atoms with van der Waals surface area (Å²) >= 11 is 0. The molecule has 0 saturated carbocycles. The smallest absolute Gasteiger partial charge is 0.205 e. The fourth-order valence-corrected chi connectivity index (χ4v) is 0.621. The van der Waals surface area contributed by atoms with Gasteiger partial charge >= 0.3 is 0 Å². The van der Waals surface area contributed by atoms with Crippen molar-refractivity contribution in [2.24, 2.45) is 10.9 Å². The van der Waals surface area contributed by atoms with Gasteiger partial charge in [-0.05, 0) is 19.1 Å². The molecule has 1 heterocycles. The van der Waals surface area contributed by atoms with E-state index in [1.165, 1.54) is 0 Å². The molecule has 1 rings (SSSR count). The van der Waals surface area contributed by atoms with Gasteiger partial charge in [-0.1, -0.05) is 5.16 Å². The first kappa shape index (κ1) is 6.67. The van der Waals surface area contributed by atoms with Crippen molar-refractivity contribution < 1.29 is 9.62 Å². The quantitative estimate of drug-likeness (QED) is 0.261. The Kier molecular flexibility index (Phi) is 1.62. The molecule has 0 aliphatic rings. The van der Waals surface area contributed by atoms with Gasteiger partial charge in [-0.25, -0.2) is 0 Å². The highest BCUT2D eigenvalue weighted by Gasteiger charge is 2.01. The highest BCUT2D eigenvalue weighted by atomic mass is 16.4. The third kappa shape index (κ3) is 1.10. The van der Waals surface area contributed by atoms with Crippen LogP contribution in [0.5, 0.6) is 0 Å². The lowest BCUT2D eigenvalue weighted by atomic mass is 10.4. The molecule has 0 radical (unpaired) electrons. The zero-order valence-electron chi connectivity index (χ0n) is 5.53. The van der Waals surface area contributed by atoms with Crippen molar-refractivity contribution >= 4 is 5.84 Å². The van der Waals surface area contributed by atoms with Crippen LogP contribution in [0.15, 0.2) is 21.7 Å². The number of aryl methyl sites for hydroxylation is 1. The normalized spacial score (nSPS) is 11.9. The number of hydrogen-bond acceptors (Lipinski definition) is 3. The molecule has 1 aromatic rings. The van der Waals surface area contributed by atoms with Crippen LogP contribution in [-0.4, -0.2) is 11.0 Å². The minimum Gasteiger partial charge on any atom is -0.458 e. The van der Waals surface area contributed by atoms with E-state index in [2.05, 4.69) is 5.16 Å². The summed E-state index contributed by atoms with van der Waals surface area (Å²) in [5.74, 6) is 1.12. The topological polar surface area (TPSA) is 71.8 Å². The Labute approximate surface area is 57.9 Å². The van der Waals surface area contributed by atoms with Gasteiger partial charge in [0, 0.05) is 0 Å². The van der Waals surface area contributed by atoms with E-state index < -0.39 is 0 Å². The number of hydrogen-bond donors (Lipinski definition) is 2. The summed E-state index contributed by atoms with van der Waals surface area (Å²) in [6, 6.07) is 3.39. The molecule has 0 spiro atoms. The van der Waals surface area contributed by atoms with E-state index in [1.54, 1.807) is 19.1 Å². The average molecular weight is 140 g/mol. The highest BCUT2D eigenvalue weighted by Crippen LogP contribution is 2.04. The van der Waals surface area contributed by atoms with Crippen LogP contribution in [0.25, 0.3) is 0 Å². The molecule has 54 valence electrons. The van der Waals surface area contributed by atoms with E-state index in [1.807, 2.05) is 0 Å². The summed E-state index contributed by atoms with van der Waals surface area (Å²) in [5, 5.41) is 11.0. The predicted octanol–water partition coefficient (Wildman–Crippen LogP) is 0.683. The summed E-state index contributed by atoms with van der Waals surface area (Å²) in [5.41, 5.74) is 5.21. The molecule has 0 atom stereocenters. The molecular formula is C6H8N2O2. The Hall–Kier alpha value is -1.45. The van der Waals surface area contributed by atoms with Crippen LogP contribution in [0.2, 0.25) is 0 Å². The van der Waals surface area contributed by atoms with Gasteiger partial charge in [0.1, 0.15) is 5.76 Å². The first-order chi connectivity index (χ1) is 4.74. The van der Waals surface area contributed by atoms with Gasteiger partial charge in [-0.2, -0.15) is 0 Å². The maximum Gasteiger partial charge on any atom is 0.205 e. The SMILES string of the molecule is Cc1ccc(/C(N)=N/O)o1. The maximum atomic E-state index is 8.20. The summed E-state index contributed by atoms with van der Waals surface area (Å²) in [7, 11) is 0. The van der Waals surface area contributed by atoms with Crippen LogP contribution >= 0.6 is 0 Å². The monoisotopic (exact) mass is 140 g/mol. The molecule has 0 aliphatic heterocycles. The predicted molar refractivity (Wildman–Crippen MR) is 36.0 cm³/mol. The van der Waals surface area contributed by atoms with Crippen molar-refractivity contribution in [3.8, 4) is 0 Å². The second-order valence-corrected chi connectivity index (χ2v) is 1.90. The number of nitrogens with two attached hydrogens (primary N) is 1. The van der Waals surface area contributed by atoms with Crippen molar-refractivity contribution in [1.29, 1.82) is 0 Å². The van der Waals surface area contributed by atoms with Crippen LogP contribution in [-0.2, 0) is 0 Å². The van der Waals surface area contributed by atoms with Gasteiger partial charge in [-0.3, -0.25) is 0 Å². The van der Waals surface area contributed by atoms with Crippen LogP contribution in [0.3, 0.4) is 0 Å². The molecule has 0 fully saturated rings. The van der Waals surface area contributed by atoms with E-state index in [4.69, 9.17) is 15.4 Å². The molecule has 0 aromatic carbocycles. The molecule has 0 aliphatic carbocycles. The Morgan fingerprint density at radius 1 is 1.70 bits per heavy atom. The Morgan fingerprint density at radius 3 is 2.80 bits per heavy atom. The lowest BCUT2D eigenvalue weighted by Gasteiger charge is -1.88. The number of rotatable bonds is 1. The number of amidine groups is 1. The van der Waals surface area contributed by atoms with Gasteiger partial charge in [0.05, 0.1) is 0 Å². The number of nitrogens with zero attached hydrogens (tertiary/aromatic N) is 1. The lowest BCUT2D eigenvalue weighted by molar-refractivity contribution is 0.317. The summed E-state index contributed by atoms with van der Waals surface area (Å²) in [4.78, 5) is 0. The molecular weight excluding hydrogens is 132 g/mol. The lowest BCUT2D eigenvalue weighted by Crippen LogP contribution is -2.11. The largest absolute Gasteiger partial charge is 0.458 e. The fourth-order valence-electron chi connectivity index (χ4n) is 0.621. The van der Waals surface area contributed by atoms with Crippen molar-refractivity contribution in [1.82, 2.24) is 0 Å². The summed E-state index contributed by atoms with van der Waals surface area (Å²) in [6.45, 7) is 1.79. The van der Waals surface area contributed by atoms with Gasteiger partial charge in [0.2, 0.25) is 5.84 Å². The number of oxime groups is 1.